The molecule has 2 aromatic rings. The number of aromatic nitrogens is 1. The van der Waals surface area contributed by atoms with E-state index < -0.39 is 0 Å². The smallest absolute Gasteiger partial charge is 0.142 e. The standard InChI is InChI=1S/C29H31N5/c1-15(2)34-25-9-16(3)20(10-21(25)17(4)12-29(34,7)8)11-22-18(5)23(13-30)27-26(22)19(6)24(14-31)28(32)33-27/h9-12,15H,1-8H3,(H2,32,33)/b22-11-. The van der Waals surface area contributed by atoms with Crippen LogP contribution in [0.1, 0.15) is 80.6 Å². The van der Waals surface area contributed by atoms with Crippen LogP contribution in [0.15, 0.2) is 23.8 Å². The SMILES string of the molecule is CC1=CC(C)(C)N(C(C)C)c2cc(C)c(/C=C3/C(C)=C(C#N)c4nc(N)c(C#N)c(C)c43)cc21. The second-order valence-electron chi connectivity index (χ2n) is 10.2. The third-order valence-corrected chi connectivity index (χ3v) is 7.06. The molecule has 0 amide bonds. The Morgan fingerprint density at radius 3 is 2.35 bits per heavy atom. The van der Waals surface area contributed by atoms with Gasteiger partial charge in [0.05, 0.1) is 22.4 Å². The lowest BCUT2D eigenvalue weighted by atomic mass is 9.85. The Labute approximate surface area is 202 Å². The van der Waals surface area contributed by atoms with Crippen LogP contribution in [0.4, 0.5) is 11.5 Å². The first-order valence-corrected chi connectivity index (χ1v) is 11.6. The summed E-state index contributed by atoms with van der Waals surface area (Å²) in [5, 5.41) is 19.5. The molecule has 2 heterocycles. The van der Waals surface area contributed by atoms with Gasteiger partial charge in [0.15, 0.2) is 0 Å². The molecule has 0 spiro atoms. The molecule has 0 unspecified atom stereocenters. The van der Waals surface area contributed by atoms with Gasteiger partial charge in [-0.05, 0) is 107 Å². The first kappa shape index (κ1) is 23.3. The van der Waals surface area contributed by atoms with Crippen LogP contribution in [0.5, 0.6) is 0 Å². The second-order valence-corrected chi connectivity index (χ2v) is 10.2. The van der Waals surface area contributed by atoms with E-state index in [1.165, 1.54) is 16.8 Å². The largest absolute Gasteiger partial charge is 0.383 e. The van der Waals surface area contributed by atoms with Gasteiger partial charge in [0.1, 0.15) is 18.0 Å². The zero-order valence-corrected chi connectivity index (χ0v) is 21.3. The predicted octanol–water partition coefficient (Wildman–Crippen LogP) is 6.41. The Morgan fingerprint density at radius 1 is 1.09 bits per heavy atom. The van der Waals surface area contributed by atoms with Crippen molar-refractivity contribution >= 4 is 34.3 Å². The number of nitrogen functional groups attached to an aromatic ring is 1. The van der Waals surface area contributed by atoms with Crippen molar-refractivity contribution in [3.05, 3.63) is 62.9 Å². The Kier molecular flexibility index (Phi) is 5.41. The number of pyridine rings is 1. The molecule has 1 aliphatic heterocycles. The van der Waals surface area contributed by atoms with E-state index in [0.29, 0.717) is 22.9 Å². The van der Waals surface area contributed by atoms with E-state index in [0.717, 1.165) is 33.4 Å². The molecule has 5 nitrogen and oxygen atoms in total. The molecule has 1 aliphatic carbocycles. The monoisotopic (exact) mass is 449 g/mol. The van der Waals surface area contributed by atoms with Gasteiger partial charge >= 0.3 is 0 Å². The molecular weight excluding hydrogens is 418 g/mol. The normalized spacial score (nSPS) is 17.4. The van der Waals surface area contributed by atoms with Gasteiger partial charge in [0, 0.05) is 22.9 Å². The number of rotatable bonds is 2. The number of nitrogens with zero attached hydrogens (tertiary/aromatic N) is 4. The fourth-order valence-corrected chi connectivity index (χ4v) is 5.66. The molecule has 2 N–H and O–H groups in total. The molecule has 0 radical (unpaired) electrons. The molecular formula is C29H31N5. The number of fused-ring (bicyclic) bond motifs is 2. The third-order valence-electron chi connectivity index (χ3n) is 7.06. The van der Waals surface area contributed by atoms with Crippen molar-refractivity contribution in [2.75, 3.05) is 10.6 Å². The van der Waals surface area contributed by atoms with Gasteiger partial charge in [-0.2, -0.15) is 10.5 Å². The molecule has 1 aromatic heterocycles. The van der Waals surface area contributed by atoms with E-state index >= 15 is 0 Å². The van der Waals surface area contributed by atoms with Crippen molar-refractivity contribution in [3.8, 4) is 12.1 Å². The predicted molar refractivity (Wildman–Crippen MR) is 141 cm³/mol. The molecule has 0 saturated heterocycles. The minimum Gasteiger partial charge on any atom is -0.383 e. The van der Waals surface area contributed by atoms with E-state index in [1.807, 2.05) is 13.8 Å². The van der Waals surface area contributed by atoms with Crippen molar-refractivity contribution in [2.24, 2.45) is 0 Å². The summed E-state index contributed by atoms with van der Waals surface area (Å²) < 4.78 is 0. The van der Waals surface area contributed by atoms with E-state index in [1.54, 1.807) is 0 Å². The van der Waals surface area contributed by atoms with E-state index in [-0.39, 0.29) is 11.4 Å². The van der Waals surface area contributed by atoms with Crippen molar-refractivity contribution in [1.29, 1.82) is 10.5 Å². The number of benzene rings is 1. The molecule has 5 heteroatoms. The molecule has 0 fully saturated rings. The molecule has 4 rings (SSSR count). The minimum absolute atomic E-state index is 0.0699. The van der Waals surface area contributed by atoms with Gasteiger partial charge in [-0.15, -0.1) is 0 Å². The summed E-state index contributed by atoms with van der Waals surface area (Å²) in [4.78, 5) is 6.92. The molecule has 0 saturated carbocycles. The summed E-state index contributed by atoms with van der Waals surface area (Å²) in [6.07, 6.45) is 4.47. The first-order valence-electron chi connectivity index (χ1n) is 11.6. The lowest BCUT2D eigenvalue weighted by Gasteiger charge is -2.46. The highest BCUT2D eigenvalue weighted by molar-refractivity contribution is 6.09. The number of nitriles is 2. The summed E-state index contributed by atoms with van der Waals surface area (Å²) in [5.74, 6) is 0.169. The van der Waals surface area contributed by atoms with Crippen LogP contribution in [-0.4, -0.2) is 16.6 Å². The Bertz CT molecular complexity index is 1420. The summed E-state index contributed by atoms with van der Waals surface area (Å²) in [7, 11) is 0. The number of allylic oxidation sites excluding steroid dienone is 4. The second kappa shape index (κ2) is 7.89. The van der Waals surface area contributed by atoms with Gasteiger partial charge in [-0.3, -0.25) is 0 Å². The van der Waals surface area contributed by atoms with Crippen molar-refractivity contribution in [2.45, 2.75) is 67.0 Å². The van der Waals surface area contributed by atoms with Crippen molar-refractivity contribution in [1.82, 2.24) is 4.98 Å². The molecule has 172 valence electrons. The van der Waals surface area contributed by atoms with E-state index in [2.05, 4.69) is 87.8 Å². The zero-order chi connectivity index (χ0) is 25.1. The maximum absolute atomic E-state index is 9.86. The van der Waals surface area contributed by atoms with Gasteiger partial charge in [0.25, 0.3) is 0 Å². The lowest BCUT2D eigenvalue weighted by molar-refractivity contribution is 0.507. The molecule has 0 bridgehead atoms. The summed E-state index contributed by atoms with van der Waals surface area (Å²) in [6.45, 7) is 17.1. The van der Waals surface area contributed by atoms with Crippen LogP contribution in [0.2, 0.25) is 0 Å². The first-order chi connectivity index (χ1) is 15.9. The maximum atomic E-state index is 9.86. The van der Waals surface area contributed by atoms with Crippen LogP contribution in [0, 0.1) is 36.5 Å². The van der Waals surface area contributed by atoms with Crippen molar-refractivity contribution < 1.29 is 0 Å². The number of nitrogens with two attached hydrogens (primary N) is 1. The average molecular weight is 450 g/mol. The Hall–Kier alpha value is -3.83. The fraction of sp³-hybridized carbons (Fsp3) is 0.345. The Balaban J connectivity index is 1.98. The van der Waals surface area contributed by atoms with Crippen LogP contribution in [0.25, 0.3) is 22.8 Å². The van der Waals surface area contributed by atoms with Gasteiger partial charge in [0.2, 0.25) is 0 Å². The quantitative estimate of drug-likeness (QED) is 0.572. The van der Waals surface area contributed by atoms with E-state index in [4.69, 9.17) is 5.73 Å². The third kappa shape index (κ3) is 3.32. The summed E-state index contributed by atoms with van der Waals surface area (Å²) in [6, 6.07) is 9.35. The molecule has 34 heavy (non-hydrogen) atoms. The maximum Gasteiger partial charge on any atom is 0.142 e. The highest BCUT2D eigenvalue weighted by Gasteiger charge is 2.34. The number of aryl methyl sites for hydroxylation is 1. The fourth-order valence-electron chi connectivity index (χ4n) is 5.66. The van der Waals surface area contributed by atoms with Crippen LogP contribution < -0.4 is 10.6 Å². The van der Waals surface area contributed by atoms with Gasteiger partial charge < -0.3 is 10.6 Å². The Morgan fingerprint density at radius 2 is 1.76 bits per heavy atom. The minimum atomic E-state index is -0.0699. The van der Waals surface area contributed by atoms with Crippen LogP contribution >= 0.6 is 0 Å². The molecule has 2 aliphatic rings. The summed E-state index contributed by atoms with van der Waals surface area (Å²) in [5.41, 5.74) is 16.8. The number of hydrogen-bond donors (Lipinski definition) is 1. The molecule has 0 atom stereocenters. The van der Waals surface area contributed by atoms with Gasteiger partial charge in [-0.1, -0.05) is 6.08 Å². The highest BCUT2D eigenvalue weighted by Crippen LogP contribution is 2.46. The van der Waals surface area contributed by atoms with Crippen LogP contribution in [-0.2, 0) is 0 Å². The van der Waals surface area contributed by atoms with Crippen LogP contribution in [0.3, 0.4) is 0 Å². The lowest BCUT2D eigenvalue weighted by Crippen LogP contribution is -2.49. The highest BCUT2D eigenvalue weighted by atomic mass is 15.2. The average Bonchev–Trinajstić information content (AvgIpc) is 2.99. The number of anilines is 2. The molecule has 1 aromatic carbocycles. The summed E-state index contributed by atoms with van der Waals surface area (Å²) >= 11 is 0. The van der Waals surface area contributed by atoms with Crippen molar-refractivity contribution in [3.63, 3.8) is 0 Å². The van der Waals surface area contributed by atoms with E-state index in [9.17, 15) is 10.5 Å². The topological polar surface area (TPSA) is 89.7 Å². The zero-order valence-electron chi connectivity index (χ0n) is 21.3. The number of hydrogen-bond acceptors (Lipinski definition) is 5. The van der Waals surface area contributed by atoms with Gasteiger partial charge in [-0.25, -0.2) is 4.98 Å².